The van der Waals surface area contributed by atoms with E-state index in [2.05, 4.69) is 27.8 Å². The van der Waals surface area contributed by atoms with E-state index in [0.717, 1.165) is 48.2 Å². The molecule has 2 aromatic rings. The maximum Gasteiger partial charge on any atom is 0.267 e. The van der Waals surface area contributed by atoms with Crippen LogP contribution in [0, 0.1) is 12.7 Å². The lowest BCUT2D eigenvalue weighted by atomic mass is 10.1. The molecule has 1 aliphatic heterocycles. The van der Waals surface area contributed by atoms with Gasteiger partial charge in [-0.1, -0.05) is 31.7 Å². The van der Waals surface area contributed by atoms with E-state index in [-0.39, 0.29) is 11.7 Å². The van der Waals surface area contributed by atoms with Crippen LogP contribution in [-0.4, -0.2) is 35.7 Å². The molecule has 0 spiro atoms. The van der Waals surface area contributed by atoms with Crippen LogP contribution in [0.3, 0.4) is 0 Å². The number of rotatable bonds is 9. The molecule has 1 aliphatic rings. The largest absolute Gasteiger partial charge is 0.496 e. The number of carbonyl (C=O) groups is 1. The second-order valence-corrected chi connectivity index (χ2v) is 8.91. The molecule has 0 bridgehead atoms. The normalized spacial score (nSPS) is 14.7. The van der Waals surface area contributed by atoms with Gasteiger partial charge in [0.1, 0.15) is 11.6 Å². The van der Waals surface area contributed by atoms with E-state index >= 15 is 0 Å². The van der Waals surface area contributed by atoms with Crippen molar-refractivity contribution in [3.05, 3.63) is 77.5 Å². The topological polar surface area (TPSA) is 46.5 Å². The van der Waals surface area contributed by atoms with Crippen LogP contribution in [0.25, 0.3) is 11.3 Å². The summed E-state index contributed by atoms with van der Waals surface area (Å²) >= 11 is 0. The van der Waals surface area contributed by atoms with Gasteiger partial charge in [-0.05, 0) is 61.3 Å². The Morgan fingerprint density at radius 2 is 2.00 bits per heavy atom. The van der Waals surface area contributed by atoms with Crippen molar-refractivity contribution in [2.24, 2.45) is 0 Å². The van der Waals surface area contributed by atoms with E-state index in [4.69, 9.17) is 4.74 Å². The zero-order valence-electron chi connectivity index (χ0n) is 19.5. The van der Waals surface area contributed by atoms with Gasteiger partial charge in [0.25, 0.3) is 5.91 Å². The summed E-state index contributed by atoms with van der Waals surface area (Å²) in [6.07, 6.45) is 7.68. The lowest BCUT2D eigenvalue weighted by Gasteiger charge is -2.26. The summed E-state index contributed by atoms with van der Waals surface area (Å²) in [7, 11) is 4.19. The fraction of sp³-hybridized carbons (Fsp3) is 0.346. The molecule has 0 radical (unpaired) electrons. The van der Waals surface area contributed by atoms with Crippen molar-refractivity contribution in [3.63, 3.8) is 0 Å². The average molecular weight is 470 g/mol. The Kier molecular flexibility index (Phi) is 8.65. The molecule has 1 unspecified atom stereocenters. The maximum atomic E-state index is 14.2. The number of hydrazine groups is 1. The quantitative estimate of drug-likeness (QED) is 0.382. The number of piperidine rings is 1. The standard InChI is InChI=1S/C26H33FN3O2P/c1-5-9-20(19(3)33)12-15-30-18(2)22(26(31)28-29-13-7-6-8-14-29)17-24(30)23-16-21(27)10-11-25(23)32-4/h5,9-11,16-17H,1,3,6-8,12-15,33H2,2,4H3,(H,28,31)/b20-9-. The van der Waals surface area contributed by atoms with Crippen LogP contribution in [0.1, 0.15) is 41.7 Å². The minimum Gasteiger partial charge on any atom is -0.496 e. The second kappa shape index (κ2) is 11.4. The minimum atomic E-state index is -0.360. The third-order valence-electron chi connectivity index (χ3n) is 6.00. The second-order valence-electron chi connectivity index (χ2n) is 8.22. The zero-order valence-corrected chi connectivity index (χ0v) is 20.6. The van der Waals surface area contributed by atoms with Gasteiger partial charge in [-0.15, -0.1) is 9.24 Å². The molecule has 1 aromatic heterocycles. The molecule has 2 heterocycles. The molecule has 1 amide bonds. The molecule has 3 rings (SSSR count). The Hall–Kier alpha value is -2.69. The first-order valence-electron chi connectivity index (χ1n) is 11.2. The lowest BCUT2D eigenvalue weighted by molar-refractivity contribution is 0.0749. The molecule has 33 heavy (non-hydrogen) atoms. The fourth-order valence-electron chi connectivity index (χ4n) is 4.20. The smallest absolute Gasteiger partial charge is 0.267 e. The Labute approximate surface area is 198 Å². The third kappa shape index (κ3) is 6.01. The monoisotopic (exact) mass is 469 g/mol. The highest BCUT2D eigenvalue weighted by Crippen LogP contribution is 2.35. The summed E-state index contributed by atoms with van der Waals surface area (Å²) in [4.78, 5) is 13.2. The third-order valence-corrected chi connectivity index (χ3v) is 6.37. The predicted octanol–water partition coefficient (Wildman–Crippen LogP) is 5.63. The number of carbonyl (C=O) groups excluding carboxylic acids is 1. The summed E-state index contributed by atoms with van der Waals surface area (Å²) in [5, 5.41) is 2.86. The Bertz CT molecular complexity index is 1070. The number of nitrogens with zero attached hydrogens (tertiary/aromatic N) is 2. The van der Waals surface area contributed by atoms with E-state index < -0.39 is 0 Å². The van der Waals surface area contributed by atoms with Crippen LogP contribution >= 0.6 is 9.24 Å². The molecular formula is C26H33FN3O2P. The number of nitrogens with one attached hydrogen (secondary N) is 1. The van der Waals surface area contributed by atoms with Gasteiger partial charge in [-0.3, -0.25) is 10.2 Å². The first-order chi connectivity index (χ1) is 15.8. The Morgan fingerprint density at radius 3 is 2.64 bits per heavy atom. The van der Waals surface area contributed by atoms with Gasteiger partial charge in [-0.2, -0.15) is 0 Å². The molecule has 1 N–H and O–H groups in total. The predicted molar refractivity (Wildman–Crippen MR) is 136 cm³/mol. The van der Waals surface area contributed by atoms with Gasteiger partial charge < -0.3 is 9.30 Å². The van der Waals surface area contributed by atoms with Gasteiger partial charge in [-0.25, -0.2) is 9.40 Å². The number of amides is 1. The number of hydrogen-bond donors (Lipinski definition) is 1. The van der Waals surface area contributed by atoms with Gasteiger partial charge in [0.05, 0.1) is 18.4 Å². The van der Waals surface area contributed by atoms with Gasteiger partial charge >= 0.3 is 0 Å². The highest BCUT2D eigenvalue weighted by atomic mass is 31.0. The Morgan fingerprint density at radius 1 is 1.27 bits per heavy atom. The molecule has 0 aliphatic carbocycles. The summed E-state index contributed by atoms with van der Waals surface area (Å²) in [5.41, 5.74) is 6.82. The summed E-state index contributed by atoms with van der Waals surface area (Å²) < 4.78 is 21.8. The number of halogens is 1. The van der Waals surface area contributed by atoms with Crippen molar-refractivity contribution in [2.45, 2.75) is 39.2 Å². The molecule has 176 valence electrons. The molecule has 1 atom stereocenters. The van der Waals surface area contributed by atoms with Gasteiger partial charge in [0.15, 0.2) is 0 Å². The average Bonchev–Trinajstić information content (AvgIpc) is 3.13. The molecule has 7 heteroatoms. The van der Waals surface area contributed by atoms with E-state index in [0.29, 0.717) is 29.8 Å². The van der Waals surface area contributed by atoms with Gasteiger partial charge in [0, 0.05) is 30.9 Å². The molecule has 1 fully saturated rings. The molecule has 1 saturated heterocycles. The first-order valence-corrected chi connectivity index (χ1v) is 11.8. The fourth-order valence-corrected chi connectivity index (χ4v) is 4.44. The number of benzene rings is 1. The number of aromatic nitrogens is 1. The van der Waals surface area contributed by atoms with Crippen molar-refractivity contribution in [1.29, 1.82) is 0 Å². The van der Waals surface area contributed by atoms with Crippen molar-refractivity contribution < 1.29 is 13.9 Å². The maximum absolute atomic E-state index is 14.2. The van der Waals surface area contributed by atoms with E-state index in [1.807, 2.05) is 28.6 Å². The molecule has 5 nitrogen and oxygen atoms in total. The van der Waals surface area contributed by atoms with Crippen LogP contribution in [0.2, 0.25) is 0 Å². The molecule has 1 aromatic carbocycles. The number of allylic oxidation sites excluding steroid dienone is 4. The number of ether oxygens (including phenoxy) is 1. The lowest BCUT2D eigenvalue weighted by Crippen LogP contribution is -2.45. The van der Waals surface area contributed by atoms with Crippen molar-refractivity contribution in [3.8, 4) is 17.0 Å². The summed E-state index contributed by atoms with van der Waals surface area (Å²) in [5.74, 6) is 0.0404. The highest BCUT2D eigenvalue weighted by molar-refractivity contribution is 7.23. The first kappa shape index (κ1) is 24.9. The number of methoxy groups -OCH3 is 1. The van der Waals surface area contributed by atoms with E-state index in [9.17, 15) is 9.18 Å². The van der Waals surface area contributed by atoms with Gasteiger partial charge in [0.2, 0.25) is 0 Å². The zero-order chi connectivity index (χ0) is 24.0. The van der Waals surface area contributed by atoms with E-state index in [1.54, 1.807) is 19.3 Å². The molecule has 0 saturated carbocycles. The van der Waals surface area contributed by atoms with Crippen molar-refractivity contribution >= 4 is 15.1 Å². The van der Waals surface area contributed by atoms with Crippen LogP contribution < -0.4 is 10.2 Å². The molecular weight excluding hydrogens is 436 g/mol. The van der Waals surface area contributed by atoms with Crippen LogP contribution in [0.15, 0.2) is 60.5 Å². The van der Waals surface area contributed by atoms with E-state index in [1.165, 1.54) is 18.6 Å². The van der Waals surface area contributed by atoms with Crippen LogP contribution in [0.4, 0.5) is 4.39 Å². The number of hydrogen-bond acceptors (Lipinski definition) is 3. The van der Waals surface area contributed by atoms with Crippen molar-refractivity contribution in [1.82, 2.24) is 15.0 Å². The summed E-state index contributed by atoms with van der Waals surface area (Å²) in [6, 6.07) is 6.26. The highest BCUT2D eigenvalue weighted by Gasteiger charge is 2.23. The van der Waals surface area contributed by atoms with Crippen molar-refractivity contribution in [2.75, 3.05) is 20.2 Å². The SMILES string of the molecule is C=C/C=C(/CCn1c(-c2cc(F)ccc2OC)cc(C(=O)NN2CCCCC2)c1C)C(=C)P. The van der Waals surface area contributed by atoms with Crippen LogP contribution in [0.5, 0.6) is 5.75 Å². The van der Waals surface area contributed by atoms with Crippen LogP contribution in [-0.2, 0) is 6.54 Å². The minimum absolute atomic E-state index is 0.151. The summed E-state index contributed by atoms with van der Waals surface area (Å²) in [6.45, 7) is 12.0. The Balaban J connectivity index is 2.02.